The third-order valence-corrected chi connectivity index (χ3v) is 9.36. The van der Waals surface area contributed by atoms with E-state index >= 15 is 0 Å². The second-order valence-corrected chi connectivity index (χ2v) is 14.6. The molecule has 216 valence electrons. The molecule has 6 nitrogen and oxygen atoms in total. The predicted octanol–water partition coefficient (Wildman–Crippen LogP) is 8.51. The van der Waals surface area contributed by atoms with Crippen molar-refractivity contribution < 1.29 is 23.3 Å². The van der Waals surface area contributed by atoms with Crippen LogP contribution in [-0.4, -0.2) is 38.6 Å². The number of hydrogen-bond acceptors (Lipinski definition) is 6. The van der Waals surface area contributed by atoms with Gasteiger partial charge < -0.3 is 18.7 Å². The maximum absolute atomic E-state index is 13.0. The predicted molar refractivity (Wildman–Crippen MR) is 162 cm³/mol. The molecule has 3 atom stereocenters. The average molecular weight is 566 g/mol. The minimum Gasteiger partial charge on any atom is -0.497 e. The first-order valence-electron chi connectivity index (χ1n) is 14.1. The monoisotopic (exact) mass is 565 g/mol. The van der Waals surface area contributed by atoms with Gasteiger partial charge in [0, 0.05) is 32.2 Å². The fourth-order valence-electron chi connectivity index (χ4n) is 5.52. The molecule has 1 unspecified atom stereocenters. The van der Waals surface area contributed by atoms with Crippen molar-refractivity contribution in [3.63, 3.8) is 0 Å². The van der Waals surface area contributed by atoms with Gasteiger partial charge in [-0.3, -0.25) is 4.57 Å². The van der Waals surface area contributed by atoms with Crippen LogP contribution in [0.25, 0.3) is 11.1 Å². The van der Waals surface area contributed by atoms with E-state index in [0.29, 0.717) is 31.2 Å². The molecule has 0 bridgehead atoms. The number of hydrogen-bond donors (Lipinski definition) is 0. The summed E-state index contributed by atoms with van der Waals surface area (Å²) in [6.07, 6.45) is 4.54. The molecule has 7 heteroatoms. The van der Waals surface area contributed by atoms with Crippen molar-refractivity contribution in [3.05, 3.63) is 77.5 Å². The third-order valence-electron chi connectivity index (χ3n) is 7.50. The van der Waals surface area contributed by atoms with Gasteiger partial charge in [-0.15, -0.1) is 0 Å². The molecule has 2 aromatic carbocycles. The normalized spacial score (nSPS) is 16.7. The highest BCUT2D eigenvalue weighted by Gasteiger charge is 2.36. The lowest BCUT2D eigenvalue weighted by molar-refractivity contribution is 0.0155. The minimum absolute atomic E-state index is 0.115. The smallest absolute Gasteiger partial charge is 0.213 e. The number of nitrogens with zero attached hydrogens (tertiary/aromatic N) is 1. The lowest BCUT2D eigenvalue weighted by Gasteiger charge is -2.32. The average Bonchev–Trinajstić information content (AvgIpc) is 3.76. The first-order valence-corrected chi connectivity index (χ1v) is 16.4. The van der Waals surface area contributed by atoms with E-state index in [1.54, 1.807) is 27.1 Å². The van der Waals surface area contributed by atoms with Gasteiger partial charge in [0.25, 0.3) is 0 Å². The summed E-state index contributed by atoms with van der Waals surface area (Å²) in [4.78, 5) is 4.49. The van der Waals surface area contributed by atoms with Gasteiger partial charge in [-0.25, -0.2) is 4.98 Å². The molecule has 0 saturated heterocycles. The SMILES string of the molecule is CCOP(C)(=O)C[C@H](c1ccnc(OCc2ccc(-c3cccc(OC)c3)c([C@@H](OC)C(C)(C)C)c2)c1)C1CC1. The Morgan fingerprint density at radius 2 is 1.82 bits per heavy atom. The fourth-order valence-corrected chi connectivity index (χ4v) is 7.39. The second-order valence-electron chi connectivity index (χ2n) is 11.9. The Bertz CT molecular complexity index is 1330. The molecule has 4 rings (SSSR count). The van der Waals surface area contributed by atoms with E-state index in [1.165, 1.54) is 0 Å². The molecule has 1 fully saturated rings. The Labute approximate surface area is 239 Å². The van der Waals surface area contributed by atoms with Crippen molar-refractivity contribution in [1.29, 1.82) is 0 Å². The summed E-state index contributed by atoms with van der Waals surface area (Å²) in [6, 6.07) is 18.6. The summed E-state index contributed by atoms with van der Waals surface area (Å²) in [5.41, 5.74) is 5.33. The number of ether oxygens (including phenoxy) is 3. The number of aromatic nitrogens is 1. The van der Waals surface area contributed by atoms with Gasteiger partial charge in [-0.05, 0) is 89.1 Å². The van der Waals surface area contributed by atoms with Gasteiger partial charge in [0.2, 0.25) is 13.2 Å². The molecular formula is C33H44NO5P. The third kappa shape index (κ3) is 7.75. The first-order chi connectivity index (χ1) is 19.0. The molecule has 1 aliphatic rings. The summed E-state index contributed by atoms with van der Waals surface area (Å²) < 4.78 is 36.3. The maximum atomic E-state index is 13.0. The van der Waals surface area contributed by atoms with E-state index in [2.05, 4.69) is 56.1 Å². The van der Waals surface area contributed by atoms with Gasteiger partial charge in [0.1, 0.15) is 12.4 Å². The zero-order chi connectivity index (χ0) is 28.9. The Hall–Kier alpha value is -2.66. The van der Waals surface area contributed by atoms with Crippen LogP contribution in [-0.2, 0) is 20.4 Å². The second kappa shape index (κ2) is 12.9. The van der Waals surface area contributed by atoms with Gasteiger partial charge in [-0.1, -0.05) is 45.0 Å². The van der Waals surface area contributed by atoms with Gasteiger partial charge in [-0.2, -0.15) is 0 Å². The van der Waals surface area contributed by atoms with E-state index in [9.17, 15) is 4.57 Å². The van der Waals surface area contributed by atoms with Gasteiger partial charge in [0.15, 0.2) is 0 Å². The van der Waals surface area contributed by atoms with Crippen LogP contribution < -0.4 is 9.47 Å². The van der Waals surface area contributed by atoms with Crippen molar-refractivity contribution in [3.8, 4) is 22.8 Å². The van der Waals surface area contributed by atoms with Crippen LogP contribution in [0.2, 0.25) is 0 Å². The van der Waals surface area contributed by atoms with E-state index in [-0.39, 0.29) is 17.4 Å². The van der Waals surface area contributed by atoms with Crippen LogP contribution in [0.1, 0.15) is 69.2 Å². The van der Waals surface area contributed by atoms with E-state index in [1.807, 2.05) is 31.2 Å². The summed E-state index contributed by atoms with van der Waals surface area (Å²) in [5, 5.41) is 0. The van der Waals surface area contributed by atoms with Crippen LogP contribution in [0, 0.1) is 11.3 Å². The van der Waals surface area contributed by atoms with Crippen LogP contribution in [0.5, 0.6) is 11.6 Å². The van der Waals surface area contributed by atoms with Crippen LogP contribution in [0.4, 0.5) is 0 Å². The van der Waals surface area contributed by atoms with Crippen LogP contribution in [0.15, 0.2) is 60.8 Å². The molecule has 1 aromatic heterocycles. The summed E-state index contributed by atoms with van der Waals surface area (Å²) in [7, 11) is 0.794. The Morgan fingerprint density at radius 3 is 2.48 bits per heavy atom. The molecule has 0 amide bonds. The Balaban J connectivity index is 1.59. The zero-order valence-corrected chi connectivity index (χ0v) is 25.9. The highest BCUT2D eigenvalue weighted by atomic mass is 31.2. The number of rotatable bonds is 13. The number of pyridine rings is 1. The summed E-state index contributed by atoms with van der Waals surface area (Å²) in [5.74, 6) is 2.12. The van der Waals surface area contributed by atoms with Crippen LogP contribution in [0.3, 0.4) is 0 Å². The van der Waals surface area contributed by atoms with Crippen LogP contribution >= 0.6 is 7.37 Å². The summed E-state index contributed by atoms with van der Waals surface area (Å²) in [6.45, 7) is 11.0. The minimum atomic E-state index is -2.65. The molecule has 40 heavy (non-hydrogen) atoms. The van der Waals surface area contributed by atoms with E-state index < -0.39 is 7.37 Å². The molecular weight excluding hydrogens is 521 g/mol. The largest absolute Gasteiger partial charge is 0.497 e. The van der Waals surface area contributed by atoms with Gasteiger partial charge >= 0.3 is 0 Å². The quantitative estimate of drug-likeness (QED) is 0.194. The number of methoxy groups -OCH3 is 2. The Kier molecular flexibility index (Phi) is 9.76. The molecule has 1 saturated carbocycles. The van der Waals surface area contributed by atoms with Crippen molar-refractivity contribution in [2.45, 2.75) is 59.2 Å². The summed E-state index contributed by atoms with van der Waals surface area (Å²) >= 11 is 0. The highest BCUT2D eigenvalue weighted by molar-refractivity contribution is 7.58. The van der Waals surface area contributed by atoms with Gasteiger partial charge in [0.05, 0.1) is 19.8 Å². The number of benzene rings is 2. The molecule has 0 spiro atoms. The van der Waals surface area contributed by atoms with Crippen molar-refractivity contribution in [2.24, 2.45) is 11.3 Å². The molecule has 3 aromatic rings. The van der Waals surface area contributed by atoms with Crippen molar-refractivity contribution >= 4 is 7.37 Å². The molecule has 0 radical (unpaired) electrons. The van der Waals surface area contributed by atoms with E-state index in [0.717, 1.165) is 46.4 Å². The van der Waals surface area contributed by atoms with Crippen molar-refractivity contribution in [1.82, 2.24) is 4.98 Å². The first kappa shape index (κ1) is 30.3. The fraction of sp³-hybridized carbons (Fsp3) is 0.485. The molecule has 1 aliphatic carbocycles. The maximum Gasteiger partial charge on any atom is 0.213 e. The van der Waals surface area contributed by atoms with E-state index in [4.69, 9.17) is 18.7 Å². The molecule has 0 aliphatic heterocycles. The Morgan fingerprint density at radius 1 is 1.05 bits per heavy atom. The lowest BCUT2D eigenvalue weighted by atomic mass is 9.81. The van der Waals surface area contributed by atoms with Crippen molar-refractivity contribution in [2.75, 3.05) is 33.7 Å². The lowest BCUT2D eigenvalue weighted by Crippen LogP contribution is -2.21. The molecule has 0 N–H and O–H groups in total. The molecule has 1 heterocycles. The standard InChI is InChI=1S/C33H44NO5P/c1-8-39-40(7,35)22-30(24-13-14-24)26-16-17-34-31(20-26)38-21-23-12-15-28(25-10-9-11-27(19-25)36-5)29(18-23)32(37-6)33(2,3)4/h9-12,15-20,24,30,32H,8,13-14,21-22H2,1-7H3/t30-,32+,40?/m0/s1. The topological polar surface area (TPSA) is 66.9 Å². The highest BCUT2D eigenvalue weighted by Crippen LogP contribution is 2.53. The zero-order valence-electron chi connectivity index (χ0n) is 25.0.